The average molecular weight is 305 g/mol. The van der Waals surface area contributed by atoms with Gasteiger partial charge in [-0.1, -0.05) is 37.0 Å². The van der Waals surface area contributed by atoms with Gasteiger partial charge in [0.15, 0.2) is 0 Å². The summed E-state index contributed by atoms with van der Waals surface area (Å²) >= 11 is 11.8. The van der Waals surface area contributed by atoms with Crippen LogP contribution in [0.3, 0.4) is 0 Å². The monoisotopic (exact) mass is 304 g/mol. The largest absolute Gasteiger partial charge is 0.314 e. The normalized spacial score (nSPS) is 12.4. The second-order valence-electron chi connectivity index (χ2n) is 4.42. The molecule has 0 saturated carbocycles. The topological polar surface area (TPSA) is 55.2 Å². The molecule has 0 saturated heterocycles. The second kappa shape index (κ2) is 7.68. The Balaban J connectivity index is 2.97. The lowest BCUT2D eigenvalue weighted by molar-refractivity contribution is -0.385. The van der Waals surface area contributed by atoms with Crippen molar-refractivity contribution < 1.29 is 4.92 Å². The standard InChI is InChI=1S/C13H18Cl2N2O2/c1-3-5-16-10(4-2)6-9-7-11(14)12(15)8-13(9)17(18)19/h7-8,10,16H,3-6H2,1-2H3. The third-order valence-corrected chi connectivity index (χ3v) is 3.68. The van der Waals surface area contributed by atoms with E-state index in [-0.39, 0.29) is 16.8 Å². The average Bonchev–Trinajstić information content (AvgIpc) is 2.37. The van der Waals surface area contributed by atoms with Crippen molar-refractivity contribution in [1.82, 2.24) is 5.32 Å². The molecule has 4 nitrogen and oxygen atoms in total. The van der Waals surface area contributed by atoms with Gasteiger partial charge in [-0.2, -0.15) is 0 Å². The third kappa shape index (κ3) is 4.64. The number of hydrogen-bond acceptors (Lipinski definition) is 3. The Kier molecular flexibility index (Phi) is 6.55. The van der Waals surface area contributed by atoms with E-state index in [0.717, 1.165) is 19.4 Å². The Hall–Kier alpha value is -0.840. The molecule has 0 bridgehead atoms. The van der Waals surface area contributed by atoms with Crippen molar-refractivity contribution in [3.63, 3.8) is 0 Å². The predicted molar refractivity (Wildman–Crippen MR) is 79.2 cm³/mol. The molecule has 1 aromatic carbocycles. The summed E-state index contributed by atoms with van der Waals surface area (Å²) in [5, 5.41) is 15.0. The number of benzene rings is 1. The third-order valence-electron chi connectivity index (χ3n) is 2.96. The minimum atomic E-state index is -0.413. The fourth-order valence-electron chi connectivity index (χ4n) is 1.89. The first-order valence-electron chi connectivity index (χ1n) is 6.35. The van der Waals surface area contributed by atoms with Crippen LogP contribution in [0.25, 0.3) is 0 Å². The van der Waals surface area contributed by atoms with Gasteiger partial charge in [-0.3, -0.25) is 10.1 Å². The maximum absolute atomic E-state index is 11.1. The van der Waals surface area contributed by atoms with E-state index in [9.17, 15) is 10.1 Å². The molecule has 106 valence electrons. The van der Waals surface area contributed by atoms with Gasteiger partial charge in [0.1, 0.15) is 0 Å². The van der Waals surface area contributed by atoms with Crippen LogP contribution in [0.1, 0.15) is 32.3 Å². The van der Waals surface area contributed by atoms with Gasteiger partial charge in [-0.25, -0.2) is 0 Å². The first-order valence-corrected chi connectivity index (χ1v) is 7.10. The zero-order valence-corrected chi connectivity index (χ0v) is 12.6. The number of nitro groups is 1. The Morgan fingerprint density at radius 2 is 1.95 bits per heavy atom. The molecule has 0 heterocycles. The lowest BCUT2D eigenvalue weighted by Gasteiger charge is -2.16. The van der Waals surface area contributed by atoms with Crippen molar-refractivity contribution >= 4 is 28.9 Å². The molecule has 1 unspecified atom stereocenters. The van der Waals surface area contributed by atoms with Gasteiger partial charge in [0, 0.05) is 17.7 Å². The lowest BCUT2D eigenvalue weighted by atomic mass is 10.0. The van der Waals surface area contributed by atoms with Crippen molar-refractivity contribution in [3.8, 4) is 0 Å². The summed E-state index contributed by atoms with van der Waals surface area (Å²) in [5.41, 5.74) is 0.654. The van der Waals surface area contributed by atoms with E-state index >= 15 is 0 Å². The van der Waals surface area contributed by atoms with Crippen LogP contribution in [0, 0.1) is 10.1 Å². The highest BCUT2D eigenvalue weighted by Crippen LogP contribution is 2.31. The first kappa shape index (κ1) is 16.2. The van der Waals surface area contributed by atoms with Crippen molar-refractivity contribution in [3.05, 3.63) is 37.9 Å². The molecular weight excluding hydrogens is 287 g/mol. The summed E-state index contributed by atoms with van der Waals surface area (Å²) in [6.45, 7) is 5.03. The molecule has 0 aliphatic heterocycles. The van der Waals surface area contributed by atoms with Crippen LogP contribution in [0.5, 0.6) is 0 Å². The molecule has 0 fully saturated rings. The summed E-state index contributed by atoms with van der Waals surface area (Å²) < 4.78 is 0. The van der Waals surface area contributed by atoms with E-state index in [1.807, 2.05) is 0 Å². The van der Waals surface area contributed by atoms with Gasteiger partial charge in [0.05, 0.1) is 15.0 Å². The Labute approximate surface area is 123 Å². The van der Waals surface area contributed by atoms with Crippen LogP contribution in [0.2, 0.25) is 10.0 Å². The Bertz CT molecular complexity index is 453. The molecule has 0 spiro atoms. The molecule has 1 N–H and O–H groups in total. The highest BCUT2D eigenvalue weighted by Gasteiger charge is 2.19. The molecule has 1 aromatic rings. The summed E-state index contributed by atoms with van der Waals surface area (Å²) in [5.74, 6) is 0. The molecule has 1 rings (SSSR count). The van der Waals surface area contributed by atoms with Crippen LogP contribution >= 0.6 is 23.2 Å². The lowest BCUT2D eigenvalue weighted by Crippen LogP contribution is -2.31. The van der Waals surface area contributed by atoms with Crippen LogP contribution in [0.4, 0.5) is 5.69 Å². The van der Waals surface area contributed by atoms with Crippen molar-refractivity contribution in [2.24, 2.45) is 0 Å². The van der Waals surface area contributed by atoms with Crippen LogP contribution in [0.15, 0.2) is 12.1 Å². The van der Waals surface area contributed by atoms with E-state index < -0.39 is 4.92 Å². The number of hydrogen-bond donors (Lipinski definition) is 1. The second-order valence-corrected chi connectivity index (χ2v) is 5.23. The van der Waals surface area contributed by atoms with E-state index in [0.29, 0.717) is 17.0 Å². The molecule has 0 aliphatic carbocycles. The molecule has 0 aliphatic rings. The maximum Gasteiger partial charge on any atom is 0.274 e. The molecule has 1 atom stereocenters. The molecule has 0 radical (unpaired) electrons. The summed E-state index contributed by atoms with van der Waals surface area (Å²) in [4.78, 5) is 10.6. The van der Waals surface area contributed by atoms with Crippen molar-refractivity contribution in [1.29, 1.82) is 0 Å². The molecule has 0 aromatic heterocycles. The minimum Gasteiger partial charge on any atom is -0.314 e. The zero-order valence-electron chi connectivity index (χ0n) is 11.1. The van der Waals surface area contributed by atoms with E-state index in [1.165, 1.54) is 6.07 Å². The molecular formula is C13H18Cl2N2O2. The van der Waals surface area contributed by atoms with Crippen LogP contribution < -0.4 is 5.32 Å². The predicted octanol–water partition coefficient (Wildman–Crippen LogP) is 4.22. The number of halogens is 2. The quantitative estimate of drug-likeness (QED) is 0.606. The molecule has 0 amide bonds. The number of rotatable bonds is 7. The highest BCUT2D eigenvalue weighted by molar-refractivity contribution is 6.42. The minimum absolute atomic E-state index is 0.0335. The fraction of sp³-hybridized carbons (Fsp3) is 0.538. The smallest absolute Gasteiger partial charge is 0.274 e. The van der Waals surface area contributed by atoms with Gasteiger partial charge >= 0.3 is 0 Å². The summed E-state index contributed by atoms with van der Waals surface area (Å²) in [6, 6.07) is 3.13. The van der Waals surface area contributed by atoms with Gasteiger partial charge in [0.25, 0.3) is 5.69 Å². The molecule has 19 heavy (non-hydrogen) atoms. The summed E-state index contributed by atoms with van der Waals surface area (Å²) in [7, 11) is 0. The van der Waals surface area contributed by atoms with Gasteiger partial charge in [0.2, 0.25) is 0 Å². The van der Waals surface area contributed by atoms with Gasteiger partial charge < -0.3 is 5.32 Å². The number of nitrogens with zero attached hydrogens (tertiary/aromatic N) is 1. The molecule has 6 heteroatoms. The SMILES string of the molecule is CCCNC(CC)Cc1cc(Cl)c(Cl)cc1[N+](=O)[O-]. The number of nitro benzene ring substituents is 1. The first-order chi connectivity index (χ1) is 8.99. The van der Waals surface area contributed by atoms with Crippen molar-refractivity contribution in [2.45, 2.75) is 39.2 Å². The maximum atomic E-state index is 11.1. The fourth-order valence-corrected chi connectivity index (χ4v) is 2.23. The van der Waals surface area contributed by atoms with Crippen LogP contribution in [-0.4, -0.2) is 17.5 Å². The van der Waals surface area contributed by atoms with Crippen molar-refractivity contribution in [2.75, 3.05) is 6.54 Å². The van der Waals surface area contributed by atoms with Crippen LogP contribution in [-0.2, 0) is 6.42 Å². The van der Waals surface area contributed by atoms with E-state index in [4.69, 9.17) is 23.2 Å². The van der Waals surface area contributed by atoms with E-state index in [1.54, 1.807) is 6.07 Å². The van der Waals surface area contributed by atoms with Gasteiger partial charge in [-0.15, -0.1) is 0 Å². The van der Waals surface area contributed by atoms with E-state index in [2.05, 4.69) is 19.2 Å². The number of nitrogens with one attached hydrogen (secondary N) is 1. The summed E-state index contributed by atoms with van der Waals surface area (Å²) in [6.07, 6.45) is 2.50. The zero-order chi connectivity index (χ0) is 14.4. The van der Waals surface area contributed by atoms with Gasteiger partial charge in [-0.05, 0) is 31.9 Å². The Morgan fingerprint density at radius 1 is 1.32 bits per heavy atom. The Morgan fingerprint density at radius 3 is 2.47 bits per heavy atom. The highest BCUT2D eigenvalue weighted by atomic mass is 35.5.